The third kappa shape index (κ3) is 2.96. The molecular weight excluding hydrogens is 316 g/mol. The summed E-state index contributed by atoms with van der Waals surface area (Å²) in [6.45, 7) is 4.91. The van der Waals surface area contributed by atoms with E-state index in [-0.39, 0.29) is 11.8 Å². The topological polar surface area (TPSA) is 59.6 Å². The molecule has 2 heterocycles. The number of carbonyl (C=O) groups excluding carboxylic acids is 1. The minimum atomic E-state index is -0.254. The van der Waals surface area contributed by atoms with Gasteiger partial charge in [-0.2, -0.15) is 0 Å². The van der Waals surface area contributed by atoms with E-state index in [0.29, 0.717) is 41.7 Å². The van der Waals surface area contributed by atoms with Crippen molar-refractivity contribution in [2.24, 2.45) is 0 Å². The van der Waals surface area contributed by atoms with Gasteiger partial charge in [0.05, 0.1) is 11.9 Å². The molecule has 1 unspecified atom stereocenters. The highest BCUT2D eigenvalue weighted by Crippen LogP contribution is 2.33. The van der Waals surface area contributed by atoms with Crippen molar-refractivity contribution < 1.29 is 14.3 Å². The summed E-state index contributed by atoms with van der Waals surface area (Å²) in [7, 11) is 0. The number of benzene rings is 2. The van der Waals surface area contributed by atoms with Gasteiger partial charge in [0, 0.05) is 17.3 Å². The van der Waals surface area contributed by atoms with E-state index in [9.17, 15) is 4.79 Å². The molecule has 0 amide bonds. The lowest BCUT2D eigenvalue weighted by atomic mass is 9.91. The number of ketones is 1. The Morgan fingerprint density at radius 1 is 1.04 bits per heavy atom. The van der Waals surface area contributed by atoms with Crippen LogP contribution in [0.25, 0.3) is 0 Å². The molecule has 1 atom stereocenters. The molecule has 5 heteroatoms. The highest BCUT2D eigenvalue weighted by atomic mass is 16.6. The number of Topliss-reactive ketones (excluding diaryl/α,β-unsaturated/α-hetero) is 1. The fourth-order valence-electron chi connectivity index (χ4n) is 3.00. The molecule has 0 spiro atoms. The van der Waals surface area contributed by atoms with Gasteiger partial charge in [-0.15, -0.1) is 0 Å². The summed E-state index contributed by atoms with van der Waals surface area (Å²) >= 11 is 0. The number of fused-ring (bicyclic) bond motifs is 1. The average molecular weight is 334 g/mol. The van der Waals surface area contributed by atoms with Gasteiger partial charge >= 0.3 is 0 Å². The summed E-state index contributed by atoms with van der Waals surface area (Å²) in [5.41, 5.74) is 2.19. The number of carbonyl (C=O) groups is 1. The van der Waals surface area contributed by atoms with Crippen molar-refractivity contribution in [1.82, 2.24) is 10.6 Å². The van der Waals surface area contributed by atoms with Crippen LogP contribution in [-0.4, -0.2) is 19.0 Å². The van der Waals surface area contributed by atoms with Crippen molar-refractivity contribution in [3.63, 3.8) is 0 Å². The first-order valence-corrected chi connectivity index (χ1v) is 8.14. The van der Waals surface area contributed by atoms with E-state index in [4.69, 9.17) is 9.47 Å². The smallest absolute Gasteiger partial charge is 0.193 e. The number of nitrogens with one attached hydrogen (secondary N) is 2. The molecule has 0 radical (unpaired) electrons. The monoisotopic (exact) mass is 334 g/mol. The van der Waals surface area contributed by atoms with E-state index in [1.165, 1.54) is 0 Å². The van der Waals surface area contributed by atoms with Gasteiger partial charge in [0.1, 0.15) is 13.2 Å². The number of ether oxygens (including phenoxy) is 2. The predicted octanol–water partition coefficient (Wildman–Crippen LogP) is 2.93. The van der Waals surface area contributed by atoms with Crippen molar-refractivity contribution in [3.8, 4) is 11.5 Å². The third-order valence-electron chi connectivity index (χ3n) is 4.23. The second-order valence-electron chi connectivity index (χ2n) is 5.90. The molecule has 2 aromatic rings. The van der Waals surface area contributed by atoms with Crippen LogP contribution < -0.4 is 20.1 Å². The molecular formula is C20H18N2O3. The van der Waals surface area contributed by atoms with Crippen molar-refractivity contribution in [1.29, 1.82) is 0 Å². The molecule has 0 fully saturated rings. The minimum absolute atomic E-state index is 0.0710. The van der Waals surface area contributed by atoms with Crippen LogP contribution in [0.5, 0.6) is 11.5 Å². The Bertz CT molecular complexity index is 858. The Morgan fingerprint density at radius 2 is 1.80 bits per heavy atom. The highest BCUT2D eigenvalue weighted by Gasteiger charge is 2.27. The van der Waals surface area contributed by atoms with Crippen LogP contribution in [0.1, 0.15) is 22.0 Å². The number of hydrogen-bond donors (Lipinski definition) is 2. The number of rotatable bonds is 3. The normalized spacial score (nSPS) is 18.6. The SMILES string of the molecule is C=C1NC=C(C(=O)c2ccc3c(c2)OCCO3)C(c2ccccc2)N1. The summed E-state index contributed by atoms with van der Waals surface area (Å²) in [6.07, 6.45) is 1.72. The first-order chi connectivity index (χ1) is 12.2. The van der Waals surface area contributed by atoms with Crippen molar-refractivity contribution in [3.05, 3.63) is 83.8 Å². The second kappa shape index (κ2) is 6.36. The minimum Gasteiger partial charge on any atom is -0.486 e. The zero-order valence-corrected chi connectivity index (χ0v) is 13.6. The van der Waals surface area contributed by atoms with Crippen LogP contribution in [0.3, 0.4) is 0 Å². The molecule has 0 saturated carbocycles. The van der Waals surface area contributed by atoms with E-state index in [1.807, 2.05) is 30.3 Å². The maximum Gasteiger partial charge on any atom is 0.193 e. The fourth-order valence-corrected chi connectivity index (χ4v) is 3.00. The van der Waals surface area contributed by atoms with Gasteiger partial charge in [-0.3, -0.25) is 4.79 Å². The van der Waals surface area contributed by atoms with E-state index >= 15 is 0 Å². The zero-order valence-electron chi connectivity index (χ0n) is 13.6. The largest absolute Gasteiger partial charge is 0.486 e. The Morgan fingerprint density at radius 3 is 2.60 bits per heavy atom. The molecule has 0 aliphatic carbocycles. The van der Waals surface area contributed by atoms with Crippen LogP contribution in [0.15, 0.2) is 72.7 Å². The Balaban J connectivity index is 1.69. The Kier molecular flexibility index (Phi) is 3.90. The molecule has 5 nitrogen and oxygen atoms in total. The van der Waals surface area contributed by atoms with Crippen LogP contribution in [-0.2, 0) is 0 Å². The van der Waals surface area contributed by atoms with Gasteiger partial charge in [-0.1, -0.05) is 36.9 Å². The second-order valence-corrected chi connectivity index (χ2v) is 5.90. The summed E-state index contributed by atoms with van der Waals surface area (Å²) in [5.74, 6) is 1.87. The van der Waals surface area contributed by atoms with E-state index in [2.05, 4.69) is 17.2 Å². The van der Waals surface area contributed by atoms with E-state index in [1.54, 1.807) is 24.4 Å². The van der Waals surface area contributed by atoms with Gasteiger partial charge in [-0.05, 0) is 23.8 Å². The van der Waals surface area contributed by atoms with Crippen LogP contribution in [0, 0.1) is 0 Å². The Labute approximate surface area is 146 Å². The Hall–Kier alpha value is -3.21. The molecule has 0 bridgehead atoms. The molecule has 0 saturated heterocycles. The van der Waals surface area contributed by atoms with Crippen molar-refractivity contribution in [2.45, 2.75) is 6.04 Å². The highest BCUT2D eigenvalue weighted by molar-refractivity contribution is 6.10. The number of hydrogen-bond acceptors (Lipinski definition) is 5. The van der Waals surface area contributed by atoms with E-state index in [0.717, 1.165) is 5.56 Å². The van der Waals surface area contributed by atoms with Gasteiger partial charge in [0.2, 0.25) is 0 Å². The maximum absolute atomic E-state index is 13.1. The standard InChI is InChI=1S/C20H18N2O3/c1-13-21-12-16(19(22-13)14-5-3-2-4-6-14)20(23)15-7-8-17-18(11-15)25-10-9-24-17/h2-8,11-12,19,21-22H,1,9-10H2. The quantitative estimate of drug-likeness (QED) is 0.845. The van der Waals surface area contributed by atoms with Crippen molar-refractivity contribution >= 4 is 5.78 Å². The average Bonchev–Trinajstić information content (AvgIpc) is 2.67. The molecule has 0 aromatic heterocycles. The summed E-state index contributed by atoms with van der Waals surface area (Å²) in [5, 5.41) is 6.25. The lowest BCUT2D eigenvalue weighted by molar-refractivity contribution is 0.102. The molecule has 2 aliphatic heterocycles. The molecule has 2 N–H and O–H groups in total. The lowest BCUT2D eigenvalue weighted by Crippen LogP contribution is -2.35. The first kappa shape index (κ1) is 15.3. The fraction of sp³-hybridized carbons (Fsp3) is 0.150. The van der Waals surface area contributed by atoms with Crippen LogP contribution >= 0.6 is 0 Å². The molecule has 126 valence electrons. The molecule has 4 rings (SSSR count). The maximum atomic E-state index is 13.1. The lowest BCUT2D eigenvalue weighted by Gasteiger charge is -2.28. The van der Waals surface area contributed by atoms with Gasteiger partial charge < -0.3 is 20.1 Å². The molecule has 2 aromatic carbocycles. The predicted molar refractivity (Wildman–Crippen MR) is 94.4 cm³/mol. The van der Waals surface area contributed by atoms with Crippen LogP contribution in [0.2, 0.25) is 0 Å². The molecule has 25 heavy (non-hydrogen) atoms. The van der Waals surface area contributed by atoms with Gasteiger partial charge in [0.15, 0.2) is 17.3 Å². The van der Waals surface area contributed by atoms with Gasteiger partial charge in [0.25, 0.3) is 0 Å². The zero-order chi connectivity index (χ0) is 17.2. The first-order valence-electron chi connectivity index (χ1n) is 8.14. The van der Waals surface area contributed by atoms with E-state index < -0.39 is 0 Å². The summed E-state index contributed by atoms with van der Waals surface area (Å²) in [6, 6.07) is 14.9. The van der Waals surface area contributed by atoms with Gasteiger partial charge in [-0.25, -0.2) is 0 Å². The summed E-state index contributed by atoms with van der Waals surface area (Å²) < 4.78 is 11.1. The van der Waals surface area contributed by atoms with Crippen molar-refractivity contribution in [2.75, 3.05) is 13.2 Å². The third-order valence-corrected chi connectivity index (χ3v) is 4.23. The summed E-state index contributed by atoms with van der Waals surface area (Å²) in [4.78, 5) is 13.1. The van der Waals surface area contributed by atoms with Crippen LogP contribution in [0.4, 0.5) is 0 Å². The molecule has 2 aliphatic rings.